The molecule has 0 aliphatic heterocycles. The molecule has 6 rings (SSSR count). The van der Waals surface area contributed by atoms with E-state index in [4.69, 9.17) is 18.9 Å². The van der Waals surface area contributed by atoms with Gasteiger partial charge in [0.25, 0.3) is 0 Å². The average Bonchev–Trinajstić information content (AvgIpc) is 3.36. The number of unbranched alkanes of at least 4 members (excludes halogenated alkanes) is 20. The first-order valence-electron chi connectivity index (χ1n) is 27.1. The van der Waals surface area contributed by atoms with E-state index in [0.29, 0.717) is 24.7 Å². The number of carbonyl (C=O) groups excluding carboxylic acids is 2. The zero-order chi connectivity index (χ0) is 47.8. The summed E-state index contributed by atoms with van der Waals surface area (Å²) in [5.74, 6) is 1.02. The van der Waals surface area contributed by atoms with E-state index in [0.717, 1.165) is 131 Å². The van der Waals surface area contributed by atoms with Crippen molar-refractivity contribution in [3.63, 3.8) is 0 Å². The Morgan fingerprint density at radius 1 is 0.338 bits per heavy atom. The van der Waals surface area contributed by atoms with Gasteiger partial charge in [0.2, 0.25) is 0 Å². The van der Waals surface area contributed by atoms with E-state index >= 15 is 0 Å². The summed E-state index contributed by atoms with van der Waals surface area (Å²) in [6, 6.07) is 29.7. The lowest BCUT2D eigenvalue weighted by molar-refractivity contribution is 0.0972. The molecule has 0 spiro atoms. The van der Waals surface area contributed by atoms with Crippen LogP contribution in [0.4, 0.5) is 9.59 Å². The van der Waals surface area contributed by atoms with E-state index in [-0.39, 0.29) is 0 Å². The Labute approximate surface area is 408 Å². The fourth-order valence-corrected chi connectivity index (χ4v) is 9.92. The van der Waals surface area contributed by atoms with Crippen molar-refractivity contribution in [1.29, 1.82) is 0 Å². The van der Waals surface area contributed by atoms with Gasteiger partial charge in [0.05, 0.1) is 13.2 Å². The monoisotopic (exact) mass is 923 g/mol. The van der Waals surface area contributed by atoms with Crippen molar-refractivity contribution in [2.45, 2.75) is 195 Å². The molecule has 0 saturated heterocycles. The van der Waals surface area contributed by atoms with E-state index in [1.54, 1.807) is 0 Å². The summed E-state index contributed by atoms with van der Waals surface area (Å²) in [6.07, 6.45) is 29.1. The highest BCUT2D eigenvalue weighted by Crippen LogP contribution is 2.50. The Morgan fingerprint density at radius 3 is 1.00 bits per heavy atom. The SMILES string of the molecule is CCCCCCCCCCCCOC(=O)Oc1c2ccccc2c(-c2c3ccccc3c(OC(=O)OCCCCCCCCCCCC)c3ccc(CCCC)cc23)c2cc(CCCC)ccc12. The van der Waals surface area contributed by atoms with Gasteiger partial charge in [-0.1, -0.05) is 241 Å². The van der Waals surface area contributed by atoms with Gasteiger partial charge < -0.3 is 18.9 Å². The van der Waals surface area contributed by atoms with Crippen LogP contribution in [0.3, 0.4) is 0 Å². The molecule has 68 heavy (non-hydrogen) atoms. The highest BCUT2D eigenvalue weighted by Gasteiger charge is 2.25. The molecule has 6 aromatic carbocycles. The predicted molar refractivity (Wildman–Crippen MR) is 287 cm³/mol. The number of rotatable bonds is 31. The Balaban J connectivity index is 1.33. The quantitative estimate of drug-likeness (QED) is 0.0187. The molecule has 0 radical (unpaired) electrons. The molecule has 6 nitrogen and oxygen atoms in total. The fraction of sp³-hybridized carbons (Fsp3) is 0.516. The van der Waals surface area contributed by atoms with Crippen molar-refractivity contribution in [3.8, 4) is 22.6 Å². The Hall–Kier alpha value is -5.10. The van der Waals surface area contributed by atoms with Crippen LogP contribution in [0.25, 0.3) is 54.2 Å². The molecule has 0 bridgehead atoms. The minimum Gasteiger partial charge on any atom is -0.434 e. The topological polar surface area (TPSA) is 71.1 Å². The smallest absolute Gasteiger partial charge is 0.434 e. The van der Waals surface area contributed by atoms with Gasteiger partial charge in [-0.3, -0.25) is 0 Å². The highest BCUT2D eigenvalue weighted by atomic mass is 16.7. The van der Waals surface area contributed by atoms with Crippen LogP contribution in [-0.4, -0.2) is 25.5 Å². The van der Waals surface area contributed by atoms with Crippen molar-refractivity contribution in [3.05, 3.63) is 96.1 Å². The Kier molecular flexibility index (Phi) is 22.3. The first-order valence-corrected chi connectivity index (χ1v) is 27.1. The lowest BCUT2D eigenvalue weighted by Crippen LogP contribution is -2.12. The molecular formula is C62H82O6. The van der Waals surface area contributed by atoms with E-state index < -0.39 is 12.3 Å². The number of ether oxygens (including phenoxy) is 4. The maximum atomic E-state index is 13.6. The van der Waals surface area contributed by atoms with Crippen LogP contribution in [0.2, 0.25) is 0 Å². The number of benzene rings is 6. The molecule has 0 aromatic heterocycles. The van der Waals surface area contributed by atoms with Gasteiger partial charge in [0.15, 0.2) is 0 Å². The zero-order valence-electron chi connectivity index (χ0n) is 42.3. The maximum Gasteiger partial charge on any atom is 0.513 e. The van der Waals surface area contributed by atoms with Gasteiger partial charge in [-0.05, 0) is 82.3 Å². The average molecular weight is 923 g/mol. The number of hydrogen-bond acceptors (Lipinski definition) is 6. The van der Waals surface area contributed by atoms with Gasteiger partial charge in [-0.2, -0.15) is 0 Å². The van der Waals surface area contributed by atoms with E-state index in [2.05, 4.69) is 88.4 Å². The van der Waals surface area contributed by atoms with Crippen molar-refractivity contribution >= 4 is 55.4 Å². The van der Waals surface area contributed by atoms with E-state index in [1.165, 1.54) is 101 Å². The summed E-state index contributed by atoms with van der Waals surface area (Å²) < 4.78 is 24.1. The molecular weight excluding hydrogens is 841 g/mol. The van der Waals surface area contributed by atoms with Crippen LogP contribution in [-0.2, 0) is 22.3 Å². The van der Waals surface area contributed by atoms with Gasteiger partial charge in [-0.25, -0.2) is 9.59 Å². The van der Waals surface area contributed by atoms with Gasteiger partial charge in [0, 0.05) is 21.5 Å². The highest BCUT2D eigenvalue weighted by molar-refractivity contribution is 6.27. The third-order valence-electron chi connectivity index (χ3n) is 13.8. The Bertz CT molecular complexity index is 2310. The van der Waals surface area contributed by atoms with Crippen molar-refractivity contribution in [2.75, 3.05) is 13.2 Å². The number of aryl methyl sites for hydroxylation is 2. The molecule has 0 aliphatic carbocycles. The zero-order valence-corrected chi connectivity index (χ0v) is 42.3. The molecule has 0 atom stereocenters. The van der Waals surface area contributed by atoms with Gasteiger partial charge >= 0.3 is 12.3 Å². The molecule has 6 aromatic rings. The van der Waals surface area contributed by atoms with Gasteiger partial charge in [0.1, 0.15) is 11.5 Å². The first kappa shape index (κ1) is 52.3. The number of fused-ring (bicyclic) bond motifs is 4. The molecule has 6 heteroatoms. The minimum absolute atomic E-state index is 0.337. The summed E-state index contributed by atoms with van der Waals surface area (Å²) >= 11 is 0. The van der Waals surface area contributed by atoms with E-state index in [9.17, 15) is 9.59 Å². The van der Waals surface area contributed by atoms with Crippen LogP contribution in [0.5, 0.6) is 11.5 Å². The van der Waals surface area contributed by atoms with Crippen LogP contribution in [0, 0.1) is 0 Å². The number of hydrogen-bond donors (Lipinski definition) is 0. The Morgan fingerprint density at radius 2 is 0.647 bits per heavy atom. The molecule has 0 amide bonds. The third-order valence-corrected chi connectivity index (χ3v) is 13.8. The third kappa shape index (κ3) is 14.9. The summed E-state index contributed by atoms with van der Waals surface area (Å²) in [7, 11) is 0. The molecule has 0 heterocycles. The summed E-state index contributed by atoms with van der Waals surface area (Å²) in [4.78, 5) is 27.2. The normalized spacial score (nSPS) is 11.5. The molecule has 0 unspecified atom stereocenters. The second-order valence-corrected chi connectivity index (χ2v) is 19.2. The second kappa shape index (κ2) is 29.0. The van der Waals surface area contributed by atoms with Crippen LogP contribution >= 0.6 is 0 Å². The van der Waals surface area contributed by atoms with Crippen molar-refractivity contribution in [1.82, 2.24) is 0 Å². The van der Waals surface area contributed by atoms with Gasteiger partial charge in [-0.15, -0.1) is 0 Å². The molecule has 0 saturated carbocycles. The summed E-state index contributed by atoms with van der Waals surface area (Å²) in [5, 5.41) is 7.33. The molecule has 0 aliphatic rings. The number of carbonyl (C=O) groups is 2. The molecule has 0 N–H and O–H groups in total. The minimum atomic E-state index is -0.673. The lowest BCUT2D eigenvalue weighted by Gasteiger charge is -2.22. The lowest BCUT2D eigenvalue weighted by atomic mass is 9.84. The van der Waals surface area contributed by atoms with Crippen molar-refractivity contribution in [2.24, 2.45) is 0 Å². The first-order chi connectivity index (χ1) is 33.5. The van der Waals surface area contributed by atoms with Crippen molar-refractivity contribution < 1.29 is 28.5 Å². The maximum absolute atomic E-state index is 13.6. The molecule has 0 fully saturated rings. The van der Waals surface area contributed by atoms with Crippen LogP contribution < -0.4 is 9.47 Å². The second-order valence-electron chi connectivity index (χ2n) is 19.2. The largest absolute Gasteiger partial charge is 0.513 e. The fourth-order valence-electron chi connectivity index (χ4n) is 9.92. The van der Waals surface area contributed by atoms with E-state index in [1.807, 2.05) is 24.3 Å². The van der Waals surface area contributed by atoms with Crippen LogP contribution in [0.15, 0.2) is 84.9 Å². The molecule has 366 valence electrons. The predicted octanol–water partition coefficient (Wildman–Crippen LogP) is 19.5. The standard InChI is InChI=1S/C62H82O6/c1-5-9-13-15-17-19-21-23-25-31-43-65-61(63)67-59-51-37-29-27-35-49(51)57(55-45-47(33-11-7-3)39-41-53(55)59)58-50-36-28-30-38-52(50)60(54-42-40-48(34-12-8-4)46-56(54)58)68-62(64)66-44-32-26-24-22-20-18-16-14-10-6-2/h27-30,35-42,45-46H,5-26,31-34,43-44H2,1-4H3. The summed E-state index contributed by atoms with van der Waals surface area (Å²) in [5.41, 5.74) is 4.58. The van der Waals surface area contributed by atoms with Crippen LogP contribution in [0.1, 0.15) is 193 Å². The summed E-state index contributed by atoms with van der Waals surface area (Å²) in [6.45, 7) is 9.63.